The van der Waals surface area contributed by atoms with Gasteiger partial charge in [-0.3, -0.25) is 4.79 Å². The van der Waals surface area contributed by atoms with Gasteiger partial charge in [-0.1, -0.05) is 0 Å². The van der Waals surface area contributed by atoms with Crippen molar-refractivity contribution in [2.45, 2.75) is 19.3 Å². The van der Waals surface area contributed by atoms with Crippen LogP contribution in [-0.2, 0) is 0 Å². The number of rotatable bonds is 3. The predicted molar refractivity (Wildman–Crippen MR) is 45.4 cm³/mol. The minimum absolute atomic E-state index is 0.108. The van der Waals surface area contributed by atoms with Crippen LogP contribution in [0.3, 0.4) is 0 Å². The molecule has 64 valence electrons. The minimum Gasteiger partial charge on any atom is -0.452 e. The van der Waals surface area contributed by atoms with E-state index in [2.05, 4.69) is 0 Å². The van der Waals surface area contributed by atoms with Gasteiger partial charge in [-0.25, -0.2) is 0 Å². The Hall–Kier alpha value is -0.760. The van der Waals surface area contributed by atoms with Crippen molar-refractivity contribution in [2.24, 2.45) is 5.92 Å². The lowest BCUT2D eigenvalue weighted by Crippen LogP contribution is -1.98. The van der Waals surface area contributed by atoms with Gasteiger partial charge in [0.1, 0.15) is 0 Å². The number of hydrogen-bond donors (Lipinski definition) is 0. The van der Waals surface area contributed by atoms with Crippen molar-refractivity contribution in [3.63, 3.8) is 0 Å². The molecule has 0 aliphatic heterocycles. The number of hydrogen-bond acceptors (Lipinski definition) is 2. The van der Waals surface area contributed by atoms with Crippen molar-refractivity contribution in [2.75, 3.05) is 0 Å². The van der Waals surface area contributed by atoms with E-state index in [1.807, 2.05) is 0 Å². The Bertz CT molecular complexity index is 299. The smallest absolute Gasteiger partial charge is 0.203 e. The van der Waals surface area contributed by atoms with Crippen LogP contribution in [0, 0.1) is 5.92 Å². The zero-order valence-corrected chi connectivity index (χ0v) is 7.30. The molecule has 0 aromatic carbocycles. The third-order valence-electron chi connectivity index (χ3n) is 2.09. The molecule has 0 saturated heterocycles. The Labute approximate surface area is 75.5 Å². The zero-order valence-electron chi connectivity index (χ0n) is 6.55. The molecule has 1 aliphatic rings. The van der Waals surface area contributed by atoms with Crippen LogP contribution in [0.1, 0.15) is 29.6 Å². The summed E-state index contributed by atoms with van der Waals surface area (Å²) < 4.78 is 4.83. The highest BCUT2D eigenvalue weighted by molar-refractivity contribution is 6.32. The average molecular weight is 185 g/mol. The first-order valence-corrected chi connectivity index (χ1v) is 4.41. The molecule has 0 N–H and O–H groups in total. The van der Waals surface area contributed by atoms with Gasteiger partial charge in [0.15, 0.2) is 5.78 Å². The molecular weight excluding hydrogens is 176 g/mol. The maximum atomic E-state index is 11.4. The number of furan rings is 1. The molecule has 0 unspecified atom stereocenters. The third kappa shape index (κ3) is 1.53. The van der Waals surface area contributed by atoms with Crippen LogP contribution in [-0.4, -0.2) is 5.78 Å². The van der Waals surface area contributed by atoms with Gasteiger partial charge in [0.05, 0.1) is 11.8 Å². The third-order valence-corrected chi connectivity index (χ3v) is 2.38. The van der Waals surface area contributed by atoms with Gasteiger partial charge in [0.25, 0.3) is 0 Å². The topological polar surface area (TPSA) is 30.2 Å². The van der Waals surface area contributed by atoms with E-state index < -0.39 is 0 Å². The predicted octanol–water partition coefficient (Wildman–Crippen LogP) is 2.92. The van der Waals surface area contributed by atoms with Crippen LogP contribution in [0.15, 0.2) is 16.7 Å². The Morgan fingerprint density at radius 1 is 1.67 bits per heavy atom. The highest BCUT2D eigenvalue weighted by Crippen LogP contribution is 2.34. The molecular formula is C9H9ClO2. The monoisotopic (exact) mass is 184 g/mol. The normalized spacial score (nSPS) is 16.4. The van der Waals surface area contributed by atoms with Gasteiger partial charge in [-0.15, -0.1) is 0 Å². The van der Waals surface area contributed by atoms with Gasteiger partial charge < -0.3 is 4.42 Å². The van der Waals surface area contributed by atoms with Crippen molar-refractivity contribution < 1.29 is 9.21 Å². The Morgan fingerprint density at radius 3 is 2.92 bits per heavy atom. The van der Waals surface area contributed by atoms with Crippen molar-refractivity contribution in [3.05, 3.63) is 23.1 Å². The lowest BCUT2D eigenvalue weighted by atomic mass is 10.1. The SMILES string of the molecule is O=C(CC1CC1)c1ccoc1Cl. The fraction of sp³-hybridized carbons (Fsp3) is 0.444. The molecule has 2 rings (SSSR count). The molecule has 0 atom stereocenters. The first-order chi connectivity index (χ1) is 5.77. The van der Waals surface area contributed by atoms with Crippen LogP contribution < -0.4 is 0 Å². The maximum absolute atomic E-state index is 11.4. The lowest BCUT2D eigenvalue weighted by Gasteiger charge is -1.94. The van der Waals surface area contributed by atoms with Gasteiger partial charge in [-0.05, 0) is 36.4 Å². The number of halogens is 1. The molecule has 12 heavy (non-hydrogen) atoms. The molecule has 3 heteroatoms. The van der Waals surface area contributed by atoms with E-state index in [0.29, 0.717) is 17.9 Å². The number of carbonyl (C=O) groups is 1. The number of Topliss-reactive ketones (excluding diaryl/α,β-unsaturated/α-hetero) is 1. The fourth-order valence-electron chi connectivity index (χ4n) is 1.19. The van der Waals surface area contributed by atoms with E-state index in [1.54, 1.807) is 6.07 Å². The maximum Gasteiger partial charge on any atom is 0.203 e. The van der Waals surface area contributed by atoms with Gasteiger partial charge >= 0.3 is 0 Å². The summed E-state index contributed by atoms with van der Waals surface area (Å²) in [4.78, 5) is 11.4. The fourth-order valence-corrected chi connectivity index (χ4v) is 1.41. The van der Waals surface area contributed by atoms with Crippen molar-refractivity contribution in [1.82, 2.24) is 0 Å². The largest absolute Gasteiger partial charge is 0.452 e. The van der Waals surface area contributed by atoms with E-state index in [4.69, 9.17) is 16.0 Å². The van der Waals surface area contributed by atoms with Crippen molar-refractivity contribution >= 4 is 17.4 Å². The highest BCUT2D eigenvalue weighted by Gasteiger charge is 2.26. The molecule has 0 bridgehead atoms. The summed E-state index contributed by atoms with van der Waals surface area (Å²) >= 11 is 5.65. The summed E-state index contributed by atoms with van der Waals surface area (Å²) in [5.74, 6) is 0.708. The van der Waals surface area contributed by atoms with E-state index in [0.717, 1.165) is 0 Å². The molecule has 2 nitrogen and oxygen atoms in total. The lowest BCUT2D eigenvalue weighted by molar-refractivity contribution is 0.0975. The Morgan fingerprint density at radius 2 is 2.42 bits per heavy atom. The van der Waals surface area contributed by atoms with Crippen LogP contribution in [0.4, 0.5) is 0 Å². The van der Waals surface area contributed by atoms with Crippen LogP contribution in [0.25, 0.3) is 0 Å². The molecule has 1 heterocycles. The Balaban J connectivity index is 2.07. The summed E-state index contributed by atoms with van der Waals surface area (Å²) in [6, 6.07) is 1.63. The Kier molecular flexibility index (Phi) is 1.93. The number of ketones is 1. The first-order valence-electron chi connectivity index (χ1n) is 4.03. The first kappa shape index (κ1) is 7.87. The van der Waals surface area contributed by atoms with Crippen LogP contribution in [0.5, 0.6) is 0 Å². The summed E-state index contributed by atoms with van der Waals surface area (Å²) in [6.07, 6.45) is 4.43. The molecule has 1 aromatic rings. The summed E-state index contributed by atoms with van der Waals surface area (Å²) in [7, 11) is 0. The van der Waals surface area contributed by atoms with Crippen LogP contribution in [0.2, 0.25) is 5.22 Å². The number of carbonyl (C=O) groups excluding carboxylic acids is 1. The quantitative estimate of drug-likeness (QED) is 0.677. The second-order valence-corrected chi connectivity index (χ2v) is 3.52. The molecule has 0 amide bonds. The van der Waals surface area contributed by atoms with Gasteiger partial charge in [0.2, 0.25) is 5.22 Å². The van der Waals surface area contributed by atoms with Gasteiger partial charge in [-0.2, -0.15) is 0 Å². The van der Waals surface area contributed by atoms with E-state index >= 15 is 0 Å². The van der Waals surface area contributed by atoms with E-state index in [1.165, 1.54) is 19.1 Å². The molecule has 0 spiro atoms. The van der Waals surface area contributed by atoms with Crippen molar-refractivity contribution in [3.8, 4) is 0 Å². The van der Waals surface area contributed by atoms with Gasteiger partial charge in [0, 0.05) is 6.42 Å². The average Bonchev–Trinajstić information content (AvgIpc) is 2.72. The van der Waals surface area contributed by atoms with Crippen LogP contribution >= 0.6 is 11.6 Å². The van der Waals surface area contributed by atoms with Crippen molar-refractivity contribution in [1.29, 1.82) is 0 Å². The van der Waals surface area contributed by atoms with E-state index in [9.17, 15) is 4.79 Å². The molecule has 1 aliphatic carbocycles. The summed E-state index contributed by atoms with van der Waals surface area (Å²) in [6.45, 7) is 0. The second kappa shape index (κ2) is 2.94. The molecule has 1 saturated carbocycles. The van der Waals surface area contributed by atoms with E-state index in [-0.39, 0.29) is 11.0 Å². The standard InChI is InChI=1S/C9H9ClO2/c10-9-7(3-4-12-9)8(11)5-6-1-2-6/h3-4,6H,1-2,5H2. The molecule has 1 fully saturated rings. The summed E-state index contributed by atoms with van der Waals surface area (Å²) in [5, 5.41) is 0.223. The molecule has 0 radical (unpaired) electrons. The summed E-state index contributed by atoms with van der Waals surface area (Å²) in [5.41, 5.74) is 0.531. The minimum atomic E-state index is 0.108. The molecule has 1 aromatic heterocycles. The second-order valence-electron chi connectivity index (χ2n) is 3.18. The zero-order chi connectivity index (χ0) is 8.55. The highest BCUT2D eigenvalue weighted by atomic mass is 35.5.